The van der Waals surface area contributed by atoms with Gasteiger partial charge in [-0.15, -0.1) is 0 Å². The molecule has 4 aromatic heterocycles. The van der Waals surface area contributed by atoms with Crippen LogP contribution >= 0.6 is 0 Å². The van der Waals surface area contributed by atoms with Gasteiger partial charge in [0, 0.05) is 28.5 Å². The van der Waals surface area contributed by atoms with Gasteiger partial charge in [0.15, 0.2) is 0 Å². The second kappa shape index (κ2) is 13.5. The van der Waals surface area contributed by atoms with Gasteiger partial charge in [-0.25, -0.2) is 29.1 Å². The molecule has 0 radical (unpaired) electrons. The summed E-state index contributed by atoms with van der Waals surface area (Å²) in [7, 11) is 0. The van der Waals surface area contributed by atoms with Crippen molar-refractivity contribution in [3.05, 3.63) is 114 Å². The Morgan fingerprint density at radius 2 is 1.06 bits per heavy atom. The molecule has 0 spiro atoms. The molecule has 0 aliphatic rings. The third-order valence-corrected chi connectivity index (χ3v) is 7.64. The minimum atomic E-state index is -0.429. The van der Waals surface area contributed by atoms with Crippen LogP contribution in [0.1, 0.15) is 22.5 Å². The van der Waals surface area contributed by atoms with Crippen molar-refractivity contribution < 1.29 is 18.7 Å². The monoisotopic (exact) mass is 645 g/mol. The number of amides is 2. The highest BCUT2D eigenvalue weighted by atomic mass is 19.1. The predicted molar refractivity (Wildman–Crippen MR) is 183 cm³/mol. The highest BCUT2D eigenvalue weighted by molar-refractivity contribution is 5.99. The van der Waals surface area contributed by atoms with E-state index < -0.39 is 6.03 Å². The van der Waals surface area contributed by atoms with Gasteiger partial charge in [0.25, 0.3) is 0 Å². The van der Waals surface area contributed by atoms with E-state index in [1.807, 2.05) is 39.8 Å². The number of ether oxygens (including phenoxy) is 2. The molecule has 0 aliphatic heterocycles. The Kier molecular flexibility index (Phi) is 8.83. The molecule has 0 bridgehead atoms. The zero-order valence-corrected chi connectivity index (χ0v) is 26.6. The molecular weight excluding hydrogens is 613 g/mol. The number of halogens is 1. The molecule has 242 valence electrons. The molecule has 4 heterocycles. The molecule has 12 nitrogen and oxygen atoms in total. The Balaban J connectivity index is 0.000000182. The van der Waals surface area contributed by atoms with E-state index in [2.05, 4.69) is 40.5 Å². The van der Waals surface area contributed by atoms with Crippen molar-refractivity contribution in [1.29, 1.82) is 0 Å². The lowest BCUT2D eigenvalue weighted by molar-refractivity contribution is 0.262. The number of nitrogen functional groups attached to an aromatic ring is 1. The number of nitrogens with two attached hydrogens (primary N) is 1. The summed E-state index contributed by atoms with van der Waals surface area (Å²) in [6.45, 7) is 7.98. The number of urea groups is 1. The Morgan fingerprint density at radius 1 is 0.646 bits per heavy atom. The van der Waals surface area contributed by atoms with Crippen molar-refractivity contribution in [2.45, 2.75) is 27.7 Å². The summed E-state index contributed by atoms with van der Waals surface area (Å²) in [5, 5.41) is 7.09. The summed E-state index contributed by atoms with van der Waals surface area (Å²) < 4.78 is 24.7. The minimum absolute atomic E-state index is 0.363. The SMILES string of the molecule is Cc1[nH]c2ncnc(Oc3ccc(N)cc3)c2c1C.Cc1[nH]c2ncnc(Oc3ccc(NC(=O)Nc4ccc(F)cc4)cc3)c2c1C. The van der Waals surface area contributed by atoms with E-state index >= 15 is 0 Å². The highest BCUT2D eigenvalue weighted by Crippen LogP contribution is 2.32. The van der Waals surface area contributed by atoms with Crippen molar-refractivity contribution in [2.75, 3.05) is 16.4 Å². The largest absolute Gasteiger partial charge is 0.438 e. The smallest absolute Gasteiger partial charge is 0.323 e. The first-order valence-electron chi connectivity index (χ1n) is 14.9. The minimum Gasteiger partial charge on any atom is -0.438 e. The first-order chi connectivity index (χ1) is 23.1. The second-order valence-corrected chi connectivity index (χ2v) is 10.9. The molecule has 13 heteroatoms. The number of aryl methyl sites for hydroxylation is 4. The van der Waals surface area contributed by atoms with Crippen molar-refractivity contribution >= 4 is 45.2 Å². The van der Waals surface area contributed by atoms with E-state index in [1.165, 1.54) is 36.9 Å². The molecule has 3 aromatic carbocycles. The van der Waals surface area contributed by atoms with E-state index in [0.717, 1.165) is 44.6 Å². The average Bonchev–Trinajstić information content (AvgIpc) is 3.54. The van der Waals surface area contributed by atoms with Crippen LogP contribution in [0.15, 0.2) is 85.5 Å². The molecule has 48 heavy (non-hydrogen) atoms. The fourth-order valence-electron chi connectivity index (χ4n) is 4.87. The lowest BCUT2D eigenvalue weighted by atomic mass is 10.2. The molecule has 0 unspecified atom stereocenters. The molecular formula is C35H32FN9O3. The molecule has 0 atom stereocenters. The third kappa shape index (κ3) is 6.99. The number of carbonyl (C=O) groups excluding carboxylic acids is 1. The normalized spacial score (nSPS) is 10.8. The van der Waals surface area contributed by atoms with E-state index in [-0.39, 0.29) is 5.82 Å². The first kappa shape index (κ1) is 31.5. The number of H-pyrrole nitrogens is 2. The summed E-state index contributed by atoms with van der Waals surface area (Å²) in [4.78, 5) is 35.4. The first-order valence-corrected chi connectivity index (χ1v) is 14.9. The number of hydrogen-bond donors (Lipinski definition) is 5. The standard InChI is InChI=1S/C21H18FN5O2.C14H14N4O/c1-12-13(2)25-19-18(12)20(24-11-23-19)29-17-9-7-16(8-10-17)27-21(28)26-15-5-3-14(22)4-6-15;1-8-9(2)18-13-12(8)14(17-7-16-13)19-11-5-3-10(15)4-6-11/h3-11H,1-2H3,(H,23,24,25)(H2,26,27,28);3-7H,15H2,1-2H3,(H,16,17,18). The number of aromatic amines is 2. The van der Waals surface area contributed by atoms with Gasteiger partial charge in [-0.2, -0.15) is 0 Å². The van der Waals surface area contributed by atoms with Gasteiger partial charge < -0.3 is 35.8 Å². The summed E-state index contributed by atoms with van der Waals surface area (Å²) >= 11 is 0. The molecule has 7 aromatic rings. The molecule has 6 N–H and O–H groups in total. The van der Waals surface area contributed by atoms with Crippen LogP contribution in [0, 0.1) is 33.5 Å². The van der Waals surface area contributed by atoms with Crippen molar-refractivity contribution in [3.63, 3.8) is 0 Å². The maximum absolute atomic E-state index is 12.9. The molecule has 7 rings (SSSR count). The Morgan fingerprint density at radius 3 is 1.52 bits per heavy atom. The van der Waals surface area contributed by atoms with Crippen LogP contribution < -0.4 is 25.8 Å². The van der Waals surface area contributed by atoms with Crippen LogP contribution in [-0.4, -0.2) is 35.9 Å². The molecule has 2 amide bonds. The van der Waals surface area contributed by atoms with Crippen LogP contribution in [0.4, 0.5) is 26.2 Å². The Bertz CT molecular complexity index is 2210. The lowest BCUT2D eigenvalue weighted by Crippen LogP contribution is -2.19. The topological polar surface area (TPSA) is 169 Å². The van der Waals surface area contributed by atoms with Gasteiger partial charge in [0.2, 0.25) is 11.8 Å². The third-order valence-electron chi connectivity index (χ3n) is 7.64. The number of aromatic nitrogens is 6. The maximum Gasteiger partial charge on any atom is 0.323 e. The number of hydrogen-bond acceptors (Lipinski definition) is 8. The molecule has 0 saturated carbocycles. The van der Waals surface area contributed by atoms with E-state index in [4.69, 9.17) is 15.2 Å². The van der Waals surface area contributed by atoms with Crippen molar-refractivity contribution in [1.82, 2.24) is 29.9 Å². The molecule has 0 fully saturated rings. The zero-order chi connectivity index (χ0) is 33.8. The second-order valence-electron chi connectivity index (χ2n) is 10.9. The fraction of sp³-hybridized carbons (Fsp3) is 0.114. The predicted octanol–water partition coefficient (Wildman–Crippen LogP) is 8.10. The van der Waals surface area contributed by atoms with Gasteiger partial charge in [-0.1, -0.05) is 0 Å². The number of anilines is 3. The number of rotatable bonds is 6. The molecule has 0 saturated heterocycles. The van der Waals surface area contributed by atoms with Crippen LogP contribution in [0.25, 0.3) is 22.1 Å². The quantitative estimate of drug-likeness (QED) is 0.113. The summed E-state index contributed by atoms with van der Waals surface area (Å²) in [5.41, 5.74) is 13.2. The Hall–Kier alpha value is -6.50. The van der Waals surface area contributed by atoms with Crippen molar-refractivity contribution in [3.8, 4) is 23.3 Å². The Labute approximate surface area is 274 Å². The van der Waals surface area contributed by atoms with Crippen molar-refractivity contribution in [2.24, 2.45) is 0 Å². The number of nitrogens with one attached hydrogen (secondary N) is 4. The van der Waals surface area contributed by atoms with Crippen LogP contribution in [0.2, 0.25) is 0 Å². The van der Waals surface area contributed by atoms with Gasteiger partial charge in [0.05, 0.1) is 10.8 Å². The average molecular weight is 646 g/mol. The van der Waals surface area contributed by atoms with E-state index in [1.54, 1.807) is 36.4 Å². The lowest BCUT2D eigenvalue weighted by Gasteiger charge is -2.09. The zero-order valence-electron chi connectivity index (χ0n) is 26.6. The number of fused-ring (bicyclic) bond motifs is 2. The summed E-state index contributed by atoms with van der Waals surface area (Å²) in [5.74, 6) is 1.93. The fourth-order valence-corrected chi connectivity index (χ4v) is 4.87. The maximum atomic E-state index is 12.9. The number of nitrogens with zero attached hydrogens (tertiary/aromatic N) is 4. The number of benzene rings is 3. The van der Waals surface area contributed by atoms with E-state index in [0.29, 0.717) is 40.3 Å². The van der Waals surface area contributed by atoms with Crippen LogP contribution in [0.3, 0.4) is 0 Å². The van der Waals surface area contributed by atoms with Gasteiger partial charge >= 0.3 is 6.03 Å². The van der Waals surface area contributed by atoms with Gasteiger partial charge in [-0.3, -0.25) is 0 Å². The highest BCUT2D eigenvalue weighted by Gasteiger charge is 2.14. The molecule has 0 aliphatic carbocycles. The summed E-state index contributed by atoms with van der Waals surface area (Å²) in [6, 6.07) is 19.2. The van der Waals surface area contributed by atoms with E-state index in [9.17, 15) is 9.18 Å². The number of carbonyl (C=O) groups is 1. The summed E-state index contributed by atoms with van der Waals surface area (Å²) in [6.07, 6.45) is 2.94. The van der Waals surface area contributed by atoms with Gasteiger partial charge in [0.1, 0.15) is 41.3 Å². The van der Waals surface area contributed by atoms with Crippen LogP contribution in [-0.2, 0) is 0 Å². The van der Waals surface area contributed by atoms with Gasteiger partial charge in [-0.05, 0) is 112 Å². The van der Waals surface area contributed by atoms with Crippen LogP contribution in [0.5, 0.6) is 23.3 Å².